The summed E-state index contributed by atoms with van der Waals surface area (Å²) in [7, 11) is 0. The van der Waals surface area contributed by atoms with Gasteiger partial charge in [-0.1, -0.05) is 29.7 Å². The number of hydrogen-bond acceptors (Lipinski definition) is 6. The zero-order valence-electron chi connectivity index (χ0n) is 14.0. The quantitative estimate of drug-likeness (QED) is 0.629. The molecule has 0 aliphatic heterocycles. The van der Waals surface area contributed by atoms with E-state index in [2.05, 4.69) is 32.2 Å². The number of carbonyl (C=O) groups excluding carboxylic acids is 1. The second-order valence-electron chi connectivity index (χ2n) is 5.48. The zero-order valence-corrected chi connectivity index (χ0v) is 14.8. The lowest BCUT2D eigenvalue weighted by Crippen LogP contribution is -2.30. The second-order valence-corrected chi connectivity index (χ2v) is 5.92. The molecule has 8 nitrogen and oxygen atoms in total. The minimum atomic E-state index is -0.498. The first-order valence-corrected chi connectivity index (χ1v) is 8.29. The molecule has 0 saturated carbocycles. The number of aliphatic hydroxyl groups is 1. The number of nitrogens with zero attached hydrogens (tertiary/aromatic N) is 4. The molecule has 9 heteroatoms. The van der Waals surface area contributed by atoms with Crippen molar-refractivity contribution in [2.75, 3.05) is 6.61 Å². The number of aromatic nitrogens is 4. The molecule has 27 heavy (non-hydrogen) atoms. The fourth-order valence-corrected chi connectivity index (χ4v) is 2.38. The van der Waals surface area contributed by atoms with Gasteiger partial charge in [-0.25, -0.2) is 9.97 Å². The summed E-state index contributed by atoms with van der Waals surface area (Å²) in [5, 5.41) is 16.1. The van der Waals surface area contributed by atoms with Crippen LogP contribution in [0.25, 0.3) is 5.78 Å². The third-order valence-electron chi connectivity index (χ3n) is 3.55. The van der Waals surface area contributed by atoms with Crippen LogP contribution in [0.15, 0.2) is 41.5 Å². The smallest absolute Gasteiger partial charge is 0.279 e. The summed E-state index contributed by atoms with van der Waals surface area (Å²) in [6.07, 6.45) is 2.52. The first-order chi connectivity index (χ1) is 13.1. The first kappa shape index (κ1) is 18.5. The van der Waals surface area contributed by atoms with Crippen LogP contribution >= 0.6 is 11.6 Å². The molecule has 0 spiro atoms. The Balaban J connectivity index is 1.75. The van der Waals surface area contributed by atoms with Gasteiger partial charge in [0.15, 0.2) is 5.69 Å². The van der Waals surface area contributed by atoms with E-state index in [0.717, 1.165) is 10.1 Å². The van der Waals surface area contributed by atoms with E-state index in [4.69, 9.17) is 16.7 Å². The molecule has 0 bridgehead atoms. The van der Waals surface area contributed by atoms with Crippen LogP contribution in [-0.4, -0.2) is 37.2 Å². The Labute approximate surface area is 158 Å². The molecule has 3 aromatic rings. The average molecular weight is 384 g/mol. The molecule has 0 unspecified atom stereocenters. The highest BCUT2D eigenvalue weighted by atomic mass is 35.5. The van der Waals surface area contributed by atoms with Gasteiger partial charge in [0.2, 0.25) is 5.91 Å². The van der Waals surface area contributed by atoms with Gasteiger partial charge in [-0.05, 0) is 23.6 Å². The summed E-state index contributed by atoms with van der Waals surface area (Å²) in [5.74, 6) is 4.76. The van der Waals surface area contributed by atoms with Crippen LogP contribution in [0.5, 0.6) is 0 Å². The summed E-state index contributed by atoms with van der Waals surface area (Å²) in [6.45, 7) is -0.0141. The van der Waals surface area contributed by atoms with Crippen molar-refractivity contribution in [1.29, 1.82) is 0 Å². The van der Waals surface area contributed by atoms with Gasteiger partial charge < -0.3 is 10.4 Å². The van der Waals surface area contributed by atoms with Gasteiger partial charge in [0.1, 0.15) is 6.61 Å². The molecule has 2 aromatic heterocycles. The molecule has 0 atom stereocenters. The maximum atomic E-state index is 12.5. The molecule has 0 fully saturated rings. The van der Waals surface area contributed by atoms with Gasteiger partial charge in [-0.15, -0.1) is 0 Å². The van der Waals surface area contributed by atoms with E-state index < -0.39 is 5.56 Å². The van der Waals surface area contributed by atoms with Crippen LogP contribution in [0.2, 0.25) is 5.02 Å². The fourth-order valence-electron chi connectivity index (χ4n) is 2.25. The van der Waals surface area contributed by atoms with Gasteiger partial charge in [-0.2, -0.15) is 9.61 Å². The van der Waals surface area contributed by atoms with Crippen molar-refractivity contribution in [3.8, 4) is 11.8 Å². The summed E-state index contributed by atoms with van der Waals surface area (Å²) >= 11 is 5.82. The maximum absolute atomic E-state index is 12.5. The molecular formula is C18H14ClN5O3. The lowest BCUT2D eigenvalue weighted by Gasteiger charge is -2.06. The largest absolute Gasteiger partial charge is 0.384 e. The lowest BCUT2D eigenvalue weighted by atomic mass is 10.2. The number of halogens is 1. The van der Waals surface area contributed by atoms with E-state index in [1.54, 1.807) is 24.3 Å². The summed E-state index contributed by atoms with van der Waals surface area (Å²) in [6, 6.07) is 7.08. The van der Waals surface area contributed by atoms with Crippen LogP contribution in [0, 0.1) is 11.8 Å². The number of carbonyl (C=O) groups is 1. The third-order valence-corrected chi connectivity index (χ3v) is 3.80. The number of nitrogens with one attached hydrogen (secondary N) is 1. The Hall–Kier alpha value is -3.28. The van der Waals surface area contributed by atoms with Gasteiger partial charge in [0.05, 0.1) is 12.6 Å². The highest BCUT2D eigenvalue weighted by Crippen LogP contribution is 2.09. The van der Waals surface area contributed by atoms with Gasteiger partial charge in [0, 0.05) is 23.3 Å². The minimum absolute atomic E-state index is 0.0971. The van der Waals surface area contributed by atoms with Crippen LogP contribution in [-0.2, 0) is 17.8 Å². The predicted octanol–water partition coefficient (Wildman–Crippen LogP) is 0.341. The van der Waals surface area contributed by atoms with Crippen molar-refractivity contribution in [2.45, 2.75) is 13.0 Å². The molecule has 1 amide bonds. The van der Waals surface area contributed by atoms with Gasteiger partial charge in [-0.3, -0.25) is 9.59 Å². The van der Waals surface area contributed by atoms with E-state index >= 15 is 0 Å². The first-order valence-electron chi connectivity index (χ1n) is 7.91. The second kappa shape index (κ2) is 8.40. The molecule has 2 heterocycles. The molecule has 0 aliphatic rings. The van der Waals surface area contributed by atoms with Crippen molar-refractivity contribution in [3.63, 3.8) is 0 Å². The van der Waals surface area contributed by atoms with E-state index in [0.29, 0.717) is 11.6 Å². The fraction of sp³-hybridized carbons (Fsp3) is 0.167. The predicted molar refractivity (Wildman–Crippen MR) is 98.0 cm³/mol. The number of benzene rings is 1. The maximum Gasteiger partial charge on any atom is 0.279 e. The number of aliphatic hydroxyl groups excluding tert-OH is 1. The van der Waals surface area contributed by atoms with Crippen molar-refractivity contribution in [1.82, 2.24) is 24.9 Å². The van der Waals surface area contributed by atoms with Crippen LogP contribution in [0.1, 0.15) is 16.8 Å². The molecule has 0 aliphatic carbocycles. The van der Waals surface area contributed by atoms with Crippen molar-refractivity contribution in [2.24, 2.45) is 0 Å². The molecular weight excluding hydrogens is 370 g/mol. The van der Waals surface area contributed by atoms with Crippen molar-refractivity contribution >= 4 is 23.3 Å². The molecule has 2 N–H and O–H groups in total. The molecule has 0 saturated heterocycles. The van der Waals surface area contributed by atoms with Crippen molar-refractivity contribution < 1.29 is 9.90 Å². The highest BCUT2D eigenvalue weighted by Gasteiger charge is 2.11. The number of hydrogen-bond donors (Lipinski definition) is 2. The van der Waals surface area contributed by atoms with Crippen LogP contribution in [0.3, 0.4) is 0 Å². The van der Waals surface area contributed by atoms with E-state index in [9.17, 15) is 9.59 Å². The van der Waals surface area contributed by atoms with Crippen molar-refractivity contribution in [3.05, 3.63) is 68.9 Å². The lowest BCUT2D eigenvalue weighted by molar-refractivity contribution is -0.120. The van der Waals surface area contributed by atoms with Crippen LogP contribution in [0.4, 0.5) is 0 Å². The average Bonchev–Trinajstić information content (AvgIpc) is 2.68. The Morgan fingerprint density at radius 1 is 1.22 bits per heavy atom. The number of rotatable bonds is 4. The standard InChI is InChI=1S/C18H14ClN5O3/c19-14-5-3-12(4-6-14)9-20-16(26)8-13-10-21-18-22-11-15(2-1-7-25)23-24(18)17(13)27/h3-6,10-11,25H,7-9H2,(H,20,26). The molecule has 1 aromatic carbocycles. The van der Waals surface area contributed by atoms with E-state index in [1.165, 1.54) is 12.4 Å². The van der Waals surface area contributed by atoms with E-state index in [-0.39, 0.29) is 36.0 Å². The summed E-state index contributed by atoms with van der Waals surface area (Å²) in [5.41, 5.74) is 0.785. The van der Waals surface area contributed by atoms with Gasteiger partial charge >= 0.3 is 0 Å². The SMILES string of the molecule is O=C(Cc1cnc2ncc(C#CCO)nn2c1=O)NCc1ccc(Cl)cc1. The minimum Gasteiger partial charge on any atom is -0.384 e. The topological polar surface area (TPSA) is 109 Å². The molecule has 3 rings (SSSR count). The van der Waals surface area contributed by atoms with Gasteiger partial charge in [0.25, 0.3) is 11.3 Å². The zero-order chi connectivity index (χ0) is 19.2. The highest BCUT2D eigenvalue weighted by molar-refractivity contribution is 6.30. The molecule has 136 valence electrons. The Kier molecular flexibility index (Phi) is 5.76. The Morgan fingerprint density at radius 2 is 1.96 bits per heavy atom. The van der Waals surface area contributed by atoms with Crippen LogP contribution < -0.4 is 10.9 Å². The number of amides is 1. The molecule has 0 radical (unpaired) electrons. The number of fused-ring (bicyclic) bond motifs is 1. The monoisotopic (exact) mass is 383 g/mol. The van der Waals surface area contributed by atoms with E-state index in [1.807, 2.05) is 0 Å². The normalized spacial score (nSPS) is 10.3. The summed E-state index contributed by atoms with van der Waals surface area (Å²) in [4.78, 5) is 32.7. The Morgan fingerprint density at radius 3 is 2.70 bits per heavy atom. The third kappa shape index (κ3) is 4.67. The summed E-state index contributed by atoms with van der Waals surface area (Å²) < 4.78 is 0.989. The Bertz CT molecular complexity index is 1100.